The molecule has 2 N–H and O–H groups in total. The summed E-state index contributed by atoms with van der Waals surface area (Å²) in [5.74, 6) is 5.36. The van der Waals surface area contributed by atoms with E-state index in [1.54, 1.807) is 16.5 Å². The van der Waals surface area contributed by atoms with Crippen molar-refractivity contribution in [3.8, 4) is 11.8 Å². The molecule has 3 aromatic carbocycles. The molecule has 2 unspecified atom stereocenters. The van der Waals surface area contributed by atoms with Crippen molar-refractivity contribution in [2.45, 2.75) is 25.9 Å². The van der Waals surface area contributed by atoms with Gasteiger partial charge in [-0.05, 0) is 60.3 Å². The van der Waals surface area contributed by atoms with Gasteiger partial charge in [-0.25, -0.2) is 9.22 Å². The van der Waals surface area contributed by atoms with Crippen molar-refractivity contribution in [3.63, 3.8) is 0 Å². The highest BCUT2D eigenvalue weighted by Gasteiger charge is 2.30. The number of aromatic nitrogens is 1. The van der Waals surface area contributed by atoms with Crippen LogP contribution in [0.5, 0.6) is 0 Å². The number of carboxylic acid groups (broad SMARTS) is 1. The minimum Gasteiger partial charge on any atom is -0.481 e. The number of piperazine rings is 1. The van der Waals surface area contributed by atoms with Crippen LogP contribution in [0.2, 0.25) is 0 Å². The maximum Gasteiger partial charge on any atom is 0.305 e. The van der Waals surface area contributed by atoms with Crippen LogP contribution in [-0.2, 0) is 22.6 Å². The van der Waals surface area contributed by atoms with E-state index < -0.39 is 23.3 Å². The first-order valence-electron chi connectivity index (χ1n) is 13.7. The number of hydrazine groups is 1. The van der Waals surface area contributed by atoms with Gasteiger partial charge in [-0.2, -0.15) is 0 Å². The molecule has 0 bridgehead atoms. The molecule has 4 aromatic rings. The number of pyridine rings is 1. The highest BCUT2D eigenvalue weighted by atomic mass is 32.2. The Labute approximate surface area is 247 Å². The van der Waals surface area contributed by atoms with Crippen molar-refractivity contribution in [3.05, 3.63) is 112 Å². The number of nitrogens with zero attached hydrogens (tertiary/aromatic N) is 4. The summed E-state index contributed by atoms with van der Waals surface area (Å²) in [6.07, 6.45) is 1.61. The molecular formula is C32H32N4O5S. The van der Waals surface area contributed by atoms with Gasteiger partial charge in [0.1, 0.15) is 0 Å². The molecule has 216 valence electrons. The Morgan fingerprint density at radius 2 is 1.62 bits per heavy atom. The van der Waals surface area contributed by atoms with Gasteiger partial charge in [-0.3, -0.25) is 14.1 Å². The van der Waals surface area contributed by atoms with Crippen molar-refractivity contribution < 1.29 is 18.7 Å². The zero-order valence-corrected chi connectivity index (χ0v) is 24.0. The molecule has 0 radical (unpaired) electrons. The molecule has 1 saturated heterocycles. The van der Waals surface area contributed by atoms with Crippen molar-refractivity contribution >= 4 is 33.7 Å². The number of anilines is 1. The molecule has 9 nitrogen and oxygen atoms in total. The van der Waals surface area contributed by atoms with E-state index in [9.17, 15) is 18.4 Å². The quantitative estimate of drug-likeness (QED) is 0.240. The van der Waals surface area contributed by atoms with Gasteiger partial charge in [0.15, 0.2) is 0 Å². The molecule has 0 aliphatic carbocycles. The van der Waals surface area contributed by atoms with Crippen LogP contribution in [0.1, 0.15) is 30.0 Å². The largest absolute Gasteiger partial charge is 0.481 e. The SMILES string of the molecule is CC(CC(=O)O)N(N1CCN(c2ccc(C#Cc3ccc4ccn(Cc5ccccc5)c(=O)c4c3)cc2)CC1)S(=O)O. The maximum absolute atomic E-state index is 13.2. The van der Waals surface area contributed by atoms with Gasteiger partial charge in [0.05, 0.1) is 13.0 Å². The summed E-state index contributed by atoms with van der Waals surface area (Å²) < 4.78 is 24.6. The molecule has 0 amide bonds. The molecule has 1 aliphatic heterocycles. The third-order valence-electron chi connectivity index (χ3n) is 7.30. The fourth-order valence-corrected chi connectivity index (χ4v) is 5.92. The molecule has 0 spiro atoms. The van der Waals surface area contributed by atoms with Crippen LogP contribution in [0.4, 0.5) is 5.69 Å². The lowest BCUT2D eigenvalue weighted by molar-refractivity contribution is -0.139. The van der Waals surface area contributed by atoms with E-state index in [-0.39, 0.29) is 12.0 Å². The van der Waals surface area contributed by atoms with Crippen LogP contribution in [0.3, 0.4) is 0 Å². The van der Waals surface area contributed by atoms with Gasteiger partial charge in [0.2, 0.25) is 11.3 Å². The molecule has 1 aromatic heterocycles. The summed E-state index contributed by atoms with van der Waals surface area (Å²) in [6, 6.07) is 24.8. The van der Waals surface area contributed by atoms with Gasteiger partial charge in [-0.15, -0.1) is 4.41 Å². The smallest absolute Gasteiger partial charge is 0.305 e. The van der Waals surface area contributed by atoms with Crippen molar-refractivity contribution in [2.75, 3.05) is 31.1 Å². The molecular weight excluding hydrogens is 552 g/mol. The fourth-order valence-electron chi connectivity index (χ4n) is 5.18. The Morgan fingerprint density at radius 1 is 0.952 bits per heavy atom. The Balaban J connectivity index is 1.25. The number of carboxylic acids is 1. The van der Waals surface area contributed by atoms with Crippen molar-refractivity contribution in [1.82, 2.24) is 14.0 Å². The van der Waals surface area contributed by atoms with E-state index >= 15 is 0 Å². The summed E-state index contributed by atoms with van der Waals surface area (Å²) in [7, 11) is 0. The first-order valence-corrected chi connectivity index (χ1v) is 14.8. The van der Waals surface area contributed by atoms with E-state index in [2.05, 4.69) is 16.7 Å². The first kappa shape index (κ1) is 29.2. The summed E-state index contributed by atoms with van der Waals surface area (Å²) >= 11 is -2.30. The minimum absolute atomic E-state index is 0.0471. The molecule has 5 rings (SSSR count). The second-order valence-corrected chi connectivity index (χ2v) is 11.1. The van der Waals surface area contributed by atoms with Crippen molar-refractivity contribution in [1.29, 1.82) is 0 Å². The number of hydrogen-bond acceptors (Lipinski definition) is 5. The third kappa shape index (κ3) is 6.95. The topological polar surface area (TPSA) is 106 Å². The zero-order chi connectivity index (χ0) is 29.6. The molecule has 10 heteroatoms. The van der Waals surface area contributed by atoms with Gasteiger partial charge in [-0.1, -0.05) is 48.2 Å². The van der Waals surface area contributed by atoms with E-state index in [1.807, 2.05) is 85.1 Å². The van der Waals surface area contributed by atoms with Gasteiger partial charge in [0, 0.05) is 60.6 Å². The Kier molecular flexibility index (Phi) is 9.15. The van der Waals surface area contributed by atoms with E-state index in [1.165, 1.54) is 4.41 Å². The number of aliphatic carboxylic acids is 1. The lowest BCUT2D eigenvalue weighted by Gasteiger charge is -2.41. The molecule has 2 heterocycles. The summed E-state index contributed by atoms with van der Waals surface area (Å²) in [5, 5.41) is 12.3. The fraction of sp³-hybridized carbons (Fsp3) is 0.250. The predicted molar refractivity (Wildman–Crippen MR) is 164 cm³/mol. The van der Waals surface area contributed by atoms with E-state index in [0.717, 1.165) is 27.8 Å². The van der Waals surface area contributed by atoms with Crippen LogP contribution >= 0.6 is 0 Å². The van der Waals surface area contributed by atoms with Crippen LogP contribution in [-0.4, -0.2) is 66.0 Å². The second-order valence-electron chi connectivity index (χ2n) is 10.3. The van der Waals surface area contributed by atoms with E-state index in [4.69, 9.17) is 5.11 Å². The van der Waals surface area contributed by atoms with Gasteiger partial charge in [0.25, 0.3) is 5.56 Å². The normalized spacial score (nSPS) is 15.3. The summed E-state index contributed by atoms with van der Waals surface area (Å²) in [4.78, 5) is 26.4. The highest BCUT2D eigenvalue weighted by molar-refractivity contribution is 7.76. The summed E-state index contributed by atoms with van der Waals surface area (Å²) in [5.41, 5.74) is 3.64. The lowest BCUT2D eigenvalue weighted by Crippen LogP contribution is -2.57. The first-order chi connectivity index (χ1) is 20.3. The standard InChI is InChI=1S/C32H32N4O5S/c1-24(21-31(37)38)36(42(40)41)35-19-17-33(18-20-35)29-13-10-25(11-14-29)7-8-26-9-12-28-15-16-34(32(39)30(28)22-26)23-27-5-3-2-4-6-27/h2-6,9-16,22,24H,17-21,23H2,1H3,(H,37,38)(H,40,41). The molecule has 0 saturated carbocycles. The molecule has 42 heavy (non-hydrogen) atoms. The second kappa shape index (κ2) is 13.1. The molecule has 1 fully saturated rings. The maximum atomic E-state index is 13.2. The monoisotopic (exact) mass is 584 g/mol. The van der Waals surface area contributed by atoms with E-state index in [0.29, 0.717) is 38.1 Å². The van der Waals surface area contributed by atoms with Crippen LogP contribution in [0, 0.1) is 11.8 Å². The van der Waals surface area contributed by atoms with Crippen LogP contribution < -0.4 is 10.5 Å². The lowest BCUT2D eigenvalue weighted by atomic mass is 10.1. The van der Waals surface area contributed by atoms with Gasteiger partial charge >= 0.3 is 5.97 Å². The number of carbonyl (C=O) groups is 1. The number of fused-ring (bicyclic) bond motifs is 1. The number of hydrogen-bond donors (Lipinski definition) is 2. The Morgan fingerprint density at radius 3 is 2.29 bits per heavy atom. The number of rotatable bonds is 8. The minimum atomic E-state index is -2.30. The third-order valence-corrected chi connectivity index (χ3v) is 8.21. The summed E-state index contributed by atoms with van der Waals surface area (Å²) in [6.45, 7) is 4.37. The number of benzene rings is 3. The average molecular weight is 585 g/mol. The average Bonchev–Trinajstić information content (AvgIpc) is 2.98. The zero-order valence-electron chi connectivity index (χ0n) is 23.2. The van der Waals surface area contributed by atoms with Gasteiger partial charge < -0.3 is 14.6 Å². The Hall–Kier alpha value is -4.27. The van der Waals surface area contributed by atoms with Crippen molar-refractivity contribution in [2.24, 2.45) is 0 Å². The molecule has 1 aliphatic rings. The predicted octanol–water partition coefficient (Wildman–Crippen LogP) is 3.79. The van der Waals surface area contributed by atoms with Crippen LogP contribution in [0.25, 0.3) is 10.8 Å². The highest BCUT2D eigenvalue weighted by Crippen LogP contribution is 2.20. The molecule has 2 atom stereocenters. The van der Waals surface area contributed by atoms with Crippen LogP contribution in [0.15, 0.2) is 89.9 Å². The Bertz CT molecular complexity index is 1700.